The van der Waals surface area contributed by atoms with Crippen LogP contribution in [0.25, 0.3) is 10.9 Å². The molecule has 1 aromatic carbocycles. The Labute approximate surface area is 121 Å². The molecule has 20 heavy (non-hydrogen) atoms. The van der Waals surface area contributed by atoms with Crippen molar-refractivity contribution < 1.29 is 0 Å². The molecule has 1 N–H and O–H groups in total. The molecule has 3 heteroatoms. The Morgan fingerprint density at radius 2 is 2.00 bits per heavy atom. The van der Waals surface area contributed by atoms with Gasteiger partial charge < -0.3 is 10.2 Å². The maximum atomic E-state index is 4.52. The summed E-state index contributed by atoms with van der Waals surface area (Å²) >= 11 is 0. The fourth-order valence-corrected chi connectivity index (χ4v) is 3.06. The first-order chi connectivity index (χ1) is 9.86. The Morgan fingerprint density at radius 3 is 2.80 bits per heavy atom. The van der Waals surface area contributed by atoms with E-state index in [-0.39, 0.29) is 0 Å². The predicted octanol–water partition coefficient (Wildman–Crippen LogP) is 3.52. The van der Waals surface area contributed by atoms with Crippen molar-refractivity contribution in [2.24, 2.45) is 0 Å². The molecule has 0 saturated carbocycles. The van der Waals surface area contributed by atoms with E-state index < -0.39 is 0 Å². The van der Waals surface area contributed by atoms with E-state index in [1.54, 1.807) is 0 Å². The van der Waals surface area contributed by atoms with Crippen LogP contribution in [-0.2, 0) is 0 Å². The number of pyridine rings is 1. The zero-order chi connectivity index (χ0) is 13.8. The van der Waals surface area contributed by atoms with Crippen molar-refractivity contribution in [3.8, 4) is 0 Å². The Balaban J connectivity index is 1.68. The lowest BCUT2D eigenvalue weighted by molar-refractivity contribution is 0.219. The molecule has 1 aliphatic heterocycles. The molecule has 3 rings (SSSR count). The summed E-state index contributed by atoms with van der Waals surface area (Å²) in [6, 6.07) is 11.1. The van der Waals surface area contributed by atoms with Crippen LogP contribution in [0.5, 0.6) is 0 Å². The summed E-state index contributed by atoms with van der Waals surface area (Å²) in [5.74, 6) is 0. The first-order valence-electron chi connectivity index (χ1n) is 7.69. The van der Waals surface area contributed by atoms with E-state index >= 15 is 0 Å². The van der Waals surface area contributed by atoms with Gasteiger partial charge in [-0.1, -0.05) is 25.1 Å². The molecule has 106 valence electrons. The van der Waals surface area contributed by atoms with Gasteiger partial charge in [0.15, 0.2) is 0 Å². The van der Waals surface area contributed by atoms with Crippen LogP contribution >= 0.6 is 0 Å². The lowest BCUT2D eigenvalue weighted by Gasteiger charge is -2.32. The van der Waals surface area contributed by atoms with Gasteiger partial charge in [0.1, 0.15) is 0 Å². The third kappa shape index (κ3) is 2.93. The normalized spacial score (nSPS) is 17.4. The number of likely N-dealkylation sites (tertiary alicyclic amines) is 1. The Morgan fingerprint density at radius 1 is 1.20 bits per heavy atom. The van der Waals surface area contributed by atoms with E-state index in [0.717, 1.165) is 5.52 Å². The number of aromatic nitrogens is 1. The van der Waals surface area contributed by atoms with Crippen molar-refractivity contribution >= 4 is 16.6 Å². The van der Waals surface area contributed by atoms with Crippen LogP contribution in [0.4, 0.5) is 5.69 Å². The molecule has 0 spiro atoms. The summed E-state index contributed by atoms with van der Waals surface area (Å²) in [4.78, 5) is 7.09. The number of hydrogen-bond acceptors (Lipinski definition) is 3. The molecule has 0 radical (unpaired) electrons. The van der Waals surface area contributed by atoms with Gasteiger partial charge >= 0.3 is 0 Å². The average molecular weight is 269 g/mol. The number of piperidine rings is 1. The van der Waals surface area contributed by atoms with Crippen LogP contribution in [0.15, 0.2) is 36.5 Å². The lowest BCUT2D eigenvalue weighted by atomic mass is 10.0. The number of hydrogen-bond donors (Lipinski definition) is 1. The molecule has 0 atom stereocenters. The third-order valence-electron chi connectivity index (χ3n) is 4.12. The maximum absolute atomic E-state index is 4.52. The fourth-order valence-electron chi connectivity index (χ4n) is 3.06. The van der Waals surface area contributed by atoms with E-state index in [4.69, 9.17) is 0 Å². The minimum absolute atomic E-state index is 0.579. The maximum Gasteiger partial charge on any atom is 0.0933 e. The highest BCUT2D eigenvalue weighted by Gasteiger charge is 2.18. The molecular weight excluding hydrogens is 246 g/mol. The summed E-state index contributed by atoms with van der Waals surface area (Å²) in [7, 11) is 0. The molecule has 1 aromatic heterocycles. The summed E-state index contributed by atoms with van der Waals surface area (Å²) < 4.78 is 0. The van der Waals surface area contributed by atoms with Gasteiger partial charge in [0.2, 0.25) is 0 Å². The average Bonchev–Trinajstić information content (AvgIpc) is 2.50. The van der Waals surface area contributed by atoms with Crippen molar-refractivity contribution in [2.45, 2.75) is 32.2 Å². The zero-order valence-electron chi connectivity index (χ0n) is 12.2. The van der Waals surface area contributed by atoms with Gasteiger partial charge in [0, 0.05) is 30.7 Å². The highest BCUT2D eigenvalue weighted by molar-refractivity contribution is 5.90. The molecule has 0 bridgehead atoms. The van der Waals surface area contributed by atoms with Crippen LogP contribution in [-0.4, -0.2) is 35.6 Å². The van der Waals surface area contributed by atoms with E-state index in [9.17, 15) is 0 Å². The van der Waals surface area contributed by atoms with Crippen molar-refractivity contribution in [3.05, 3.63) is 36.5 Å². The summed E-state index contributed by atoms with van der Waals surface area (Å²) in [5.41, 5.74) is 2.27. The minimum Gasteiger partial charge on any atom is -0.380 e. The molecule has 2 heterocycles. The highest BCUT2D eigenvalue weighted by Crippen LogP contribution is 2.23. The smallest absolute Gasteiger partial charge is 0.0933 e. The van der Waals surface area contributed by atoms with Gasteiger partial charge in [-0.05, 0) is 37.9 Å². The predicted molar refractivity (Wildman–Crippen MR) is 85.1 cm³/mol. The van der Waals surface area contributed by atoms with Gasteiger partial charge in [0.05, 0.1) is 11.2 Å². The van der Waals surface area contributed by atoms with Crippen LogP contribution in [0.2, 0.25) is 0 Å². The van der Waals surface area contributed by atoms with E-state index in [0.29, 0.717) is 6.04 Å². The van der Waals surface area contributed by atoms with Crippen LogP contribution in [0.1, 0.15) is 26.2 Å². The Hall–Kier alpha value is -1.61. The van der Waals surface area contributed by atoms with Crippen molar-refractivity contribution in [1.29, 1.82) is 0 Å². The number of nitrogens with one attached hydrogen (secondary N) is 1. The van der Waals surface area contributed by atoms with Gasteiger partial charge in [-0.2, -0.15) is 0 Å². The second-order valence-corrected chi connectivity index (χ2v) is 5.64. The molecular formula is C17H23N3. The second-order valence-electron chi connectivity index (χ2n) is 5.64. The third-order valence-corrected chi connectivity index (χ3v) is 4.12. The fraction of sp³-hybridized carbons (Fsp3) is 0.471. The first kappa shape index (κ1) is 13.4. The SMILES string of the molecule is CCCN1CCC(Nc2cccc3cccnc23)CC1. The Bertz CT molecular complexity index is 554. The number of anilines is 1. The quantitative estimate of drug-likeness (QED) is 0.920. The van der Waals surface area contributed by atoms with Crippen LogP contribution in [0.3, 0.4) is 0 Å². The number of rotatable bonds is 4. The molecule has 3 nitrogen and oxygen atoms in total. The summed E-state index contributed by atoms with van der Waals surface area (Å²) in [6.45, 7) is 5.92. The molecule has 2 aromatic rings. The van der Waals surface area contributed by atoms with Gasteiger partial charge in [-0.3, -0.25) is 4.98 Å². The van der Waals surface area contributed by atoms with E-state index in [1.807, 2.05) is 12.3 Å². The summed E-state index contributed by atoms with van der Waals surface area (Å²) in [5, 5.41) is 4.91. The molecule has 0 aliphatic carbocycles. The number of para-hydroxylation sites is 1. The topological polar surface area (TPSA) is 28.2 Å². The van der Waals surface area contributed by atoms with Crippen LogP contribution in [0, 0.1) is 0 Å². The first-order valence-corrected chi connectivity index (χ1v) is 7.69. The van der Waals surface area contributed by atoms with Gasteiger partial charge in [0.25, 0.3) is 0 Å². The molecule has 1 aliphatic rings. The second kappa shape index (κ2) is 6.23. The van der Waals surface area contributed by atoms with E-state index in [2.05, 4.69) is 46.4 Å². The number of benzene rings is 1. The minimum atomic E-state index is 0.579. The monoisotopic (exact) mass is 269 g/mol. The van der Waals surface area contributed by atoms with Crippen molar-refractivity contribution in [3.63, 3.8) is 0 Å². The lowest BCUT2D eigenvalue weighted by Crippen LogP contribution is -2.39. The highest BCUT2D eigenvalue weighted by atomic mass is 15.1. The Kier molecular flexibility index (Phi) is 4.16. The van der Waals surface area contributed by atoms with Crippen molar-refractivity contribution in [2.75, 3.05) is 25.0 Å². The number of fused-ring (bicyclic) bond motifs is 1. The van der Waals surface area contributed by atoms with E-state index in [1.165, 1.54) is 50.0 Å². The van der Waals surface area contributed by atoms with Gasteiger partial charge in [-0.15, -0.1) is 0 Å². The molecule has 1 saturated heterocycles. The molecule has 0 unspecified atom stereocenters. The molecule has 1 fully saturated rings. The molecule has 0 amide bonds. The van der Waals surface area contributed by atoms with Crippen molar-refractivity contribution in [1.82, 2.24) is 9.88 Å². The standard InChI is InChI=1S/C17H23N3/c1-2-11-20-12-8-15(9-13-20)19-16-7-3-5-14-6-4-10-18-17(14)16/h3-7,10,15,19H,2,8-9,11-13H2,1H3. The zero-order valence-corrected chi connectivity index (χ0v) is 12.2. The number of nitrogens with zero attached hydrogens (tertiary/aromatic N) is 2. The summed E-state index contributed by atoms with van der Waals surface area (Å²) in [6.07, 6.45) is 5.58. The van der Waals surface area contributed by atoms with Gasteiger partial charge in [-0.25, -0.2) is 0 Å². The van der Waals surface area contributed by atoms with Crippen LogP contribution < -0.4 is 5.32 Å². The largest absolute Gasteiger partial charge is 0.380 e.